The van der Waals surface area contributed by atoms with Crippen LogP contribution in [0.4, 0.5) is 0 Å². The minimum Gasteiger partial charge on any atom is -0.378 e. The van der Waals surface area contributed by atoms with Crippen LogP contribution in [0, 0.1) is 22.7 Å². The molecule has 0 saturated carbocycles. The fourth-order valence-corrected chi connectivity index (χ4v) is 14.5. The highest BCUT2D eigenvalue weighted by atomic mass is 32.3. The van der Waals surface area contributed by atoms with Gasteiger partial charge in [0.15, 0.2) is 0 Å². The molecule has 0 N–H and O–H groups in total. The van der Waals surface area contributed by atoms with Crippen molar-refractivity contribution in [1.82, 2.24) is 0 Å². The Morgan fingerprint density at radius 3 is 1.23 bits per heavy atom. The van der Waals surface area contributed by atoms with E-state index in [1.54, 1.807) is 23.5 Å². The van der Waals surface area contributed by atoms with E-state index in [-0.39, 0.29) is 0 Å². The molecule has 0 radical (unpaired) electrons. The van der Waals surface area contributed by atoms with Gasteiger partial charge in [0.05, 0.1) is 104 Å². The zero-order valence-electron chi connectivity index (χ0n) is 21.5. The van der Waals surface area contributed by atoms with Crippen LogP contribution in [0.25, 0.3) is 0 Å². The van der Waals surface area contributed by atoms with Gasteiger partial charge >= 0.3 is 0 Å². The Labute approximate surface area is 265 Å². The molecule has 0 amide bonds. The standard InChI is InChI=1S/C24H32N2O5S8/c25-3-1-15-32-19-21-34-17-13-30-11-9-28-7-5-27-6-8-29-10-12-31-14-18-35-22-20(33-16-2-4-26)37-24(39-22)23(36-19)38-21/h1-2,5-18H2. The smallest absolute Gasteiger partial charge is 0.0717 e. The van der Waals surface area contributed by atoms with Gasteiger partial charge in [0.1, 0.15) is 0 Å². The van der Waals surface area contributed by atoms with Crippen molar-refractivity contribution in [2.45, 2.75) is 12.8 Å². The van der Waals surface area contributed by atoms with Gasteiger partial charge in [-0.1, -0.05) is 47.0 Å². The van der Waals surface area contributed by atoms with Gasteiger partial charge in [0.2, 0.25) is 0 Å². The fraction of sp³-hybridized carbons (Fsp3) is 0.667. The summed E-state index contributed by atoms with van der Waals surface area (Å²) >= 11 is 14.5. The quantitative estimate of drug-likeness (QED) is 0.264. The number of rotatable bonds is 6. The zero-order valence-corrected chi connectivity index (χ0v) is 28.0. The van der Waals surface area contributed by atoms with Crippen LogP contribution < -0.4 is 0 Å². The van der Waals surface area contributed by atoms with Crippen LogP contribution in [0.15, 0.2) is 25.4 Å². The van der Waals surface area contributed by atoms with Gasteiger partial charge in [-0.25, -0.2) is 0 Å². The second-order valence-electron chi connectivity index (χ2n) is 7.40. The molecule has 0 unspecified atom stereocenters. The summed E-state index contributed by atoms with van der Waals surface area (Å²) < 4.78 is 36.0. The lowest BCUT2D eigenvalue weighted by Gasteiger charge is -2.08. The van der Waals surface area contributed by atoms with Crippen molar-refractivity contribution in [1.29, 1.82) is 10.5 Å². The van der Waals surface area contributed by atoms with Crippen LogP contribution in [0.5, 0.6) is 0 Å². The monoisotopic (exact) mass is 684 g/mol. The Morgan fingerprint density at radius 1 is 0.513 bits per heavy atom. The van der Waals surface area contributed by atoms with Gasteiger partial charge in [0.25, 0.3) is 0 Å². The number of nitriles is 2. The summed E-state index contributed by atoms with van der Waals surface area (Å²) in [7, 11) is 0. The van der Waals surface area contributed by atoms with Crippen LogP contribution in [-0.4, -0.2) is 89.1 Å². The third kappa shape index (κ3) is 14.2. The molecule has 216 valence electrons. The summed E-state index contributed by atoms with van der Waals surface area (Å²) in [6.45, 7) is 5.74. The number of nitrogens with zero attached hydrogens (tertiary/aromatic N) is 2. The van der Waals surface area contributed by atoms with Crippen molar-refractivity contribution < 1.29 is 23.7 Å². The molecule has 3 rings (SSSR count). The predicted octanol–water partition coefficient (Wildman–Crippen LogP) is 7.18. The molecule has 3 heterocycles. The lowest BCUT2D eigenvalue weighted by Crippen LogP contribution is -2.13. The average Bonchev–Trinajstić information content (AvgIpc) is 3.54. The number of hydrogen-bond donors (Lipinski definition) is 0. The largest absolute Gasteiger partial charge is 0.378 e. The van der Waals surface area contributed by atoms with E-state index >= 15 is 0 Å². The third-order valence-electron chi connectivity index (χ3n) is 4.55. The Bertz CT molecular complexity index is 862. The zero-order chi connectivity index (χ0) is 27.4. The molecular weight excluding hydrogens is 653 g/mol. The molecular formula is C24H32N2O5S8. The van der Waals surface area contributed by atoms with Crippen molar-refractivity contribution in [2.75, 3.05) is 89.1 Å². The van der Waals surface area contributed by atoms with Crippen LogP contribution >= 0.6 is 94.1 Å². The number of hydrogen-bond acceptors (Lipinski definition) is 15. The fourth-order valence-electron chi connectivity index (χ4n) is 2.81. The molecule has 3 aliphatic rings. The molecule has 0 spiro atoms. The van der Waals surface area contributed by atoms with E-state index in [2.05, 4.69) is 12.1 Å². The van der Waals surface area contributed by atoms with Gasteiger partial charge in [-0.3, -0.25) is 0 Å². The first-order chi connectivity index (χ1) is 19.3. The van der Waals surface area contributed by atoms with Crippen molar-refractivity contribution in [3.05, 3.63) is 25.4 Å². The van der Waals surface area contributed by atoms with Crippen LogP contribution in [0.2, 0.25) is 0 Å². The molecule has 39 heavy (non-hydrogen) atoms. The van der Waals surface area contributed by atoms with Crippen molar-refractivity contribution in [2.24, 2.45) is 0 Å². The van der Waals surface area contributed by atoms with Gasteiger partial charge in [0, 0.05) is 35.9 Å². The maximum atomic E-state index is 9.01. The predicted molar refractivity (Wildman–Crippen MR) is 176 cm³/mol. The van der Waals surface area contributed by atoms with E-state index in [9.17, 15) is 0 Å². The van der Waals surface area contributed by atoms with Crippen molar-refractivity contribution in [3.63, 3.8) is 0 Å². The Kier molecular flexibility index (Phi) is 19.7. The summed E-state index contributed by atoms with van der Waals surface area (Å²) in [5.74, 6) is 3.32. The lowest BCUT2D eigenvalue weighted by atomic mass is 10.6. The van der Waals surface area contributed by atoms with Crippen molar-refractivity contribution in [3.8, 4) is 12.1 Å². The van der Waals surface area contributed by atoms with Gasteiger partial charge < -0.3 is 23.7 Å². The van der Waals surface area contributed by atoms with Crippen LogP contribution in [0.3, 0.4) is 0 Å². The molecule has 3 aliphatic heterocycles. The second kappa shape index (κ2) is 22.4. The van der Waals surface area contributed by atoms with E-state index in [0.29, 0.717) is 78.9 Å². The van der Waals surface area contributed by atoms with E-state index in [1.807, 2.05) is 70.6 Å². The third-order valence-corrected chi connectivity index (χ3v) is 16.0. The number of fused-ring (bicyclic) bond motifs is 4. The normalized spacial score (nSPS) is 21.8. The summed E-state index contributed by atoms with van der Waals surface area (Å²) in [5.41, 5.74) is 0. The maximum absolute atomic E-state index is 9.01. The van der Waals surface area contributed by atoms with Crippen molar-refractivity contribution >= 4 is 94.1 Å². The molecule has 0 fully saturated rings. The van der Waals surface area contributed by atoms with Crippen LogP contribution in [-0.2, 0) is 23.7 Å². The highest BCUT2D eigenvalue weighted by molar-refractivity contribution is 8.45. The maximum Gasteiger partial charge on any atom is 0.0717 e. The molecule has 0 saturated heterocycles. The van der Waals surface area contributed by atoms with E-state index in [1.165, 1.54) is 25.4 Å². The SMILES string of the molecule is N#CCCSC1=C2SCCOCCOCCOCCOCCOCCSC3=C(SCCC#N)SC(=C(S1)S2)S3. The minimum absolute atomic E-state index is 0.539. The molecule has 0 aromatic rings. The Balaban J connectivity index is 1.62. The first-order valence-electron chi connectivity index (χ1n) is 12.4. The van der Waals surface area contributed by atoms with E-state index in [0.717, 1.165) is 23.0 Å². The molecule has 7 nitrogen and oxygen atoms in total. The molecule has 0 aromatic heterocycles. The van der Waals surface area contributed by atoms with Crippen LogP contribution in [0.1, 0.15) is 12.8 Å². The molecule has 0 atom stereocenters. The first kappa shape index (κ1) is 34.3. The number of thioether (sulfide) groups is 8. The van der Waals surface area contributed by atoms with Gasteiger partial charge in [-0.15, -0.1) is 47.0 Å². The molecule has 0 aliphatic carbocycles. The summed E-state index contributed by atoms with van der Waals surface area (Å²) in [6, 6.07) is 4.51. The minimum atomic E-state index is 0.539. The lowest BCUT2D eigenvalue weighted by molar-refractivity contribution is -0.00902. The van der Waals surface area contributed by atoms with Gasteiger partial charge in [-0.2, -0.15) is 10.5 Å². The van der Waals surface area contributed by atoms with E-state index in [4.69, 9.17) is 34.2 Å². The topological polar surface area (TPSA) is 93.7 Å². The number of ether oxygens (including phenoxy) is 5. The Morgan fingerprint density at radius 2 is 0.872 bits per heavy atom. The second-order valence-corrected chi connectivity index (χ2v) is 17.5. The Hall–Kier alpha value is 0.800. The first-order valence-corrected chi connectivity index (χ1v) is 19.6. The highest BCUT2D eigenvalue weighted by Gasteiger charge is 2.30. The summed E-state index contributed by atoms with van der Waals surface area (Å²) in [6.07, 6.45) is 1.08. The van der Waals surface area contributed by atoms with Gasteiger partial charge in [-0.05, 0) is 0 Å². The highest BCUT2D eigenvalue weighted by Crippen LogP contribution is 2.66. The molecule has 0 aromatic carbocycles. The summed E-state index contributed by atoms with van der Waals surface area (Å²) in [5, 5.41) is 18.0. The molecule has 15 heteroatoms. The molecule has 4 bridgehead atoms. The van der Waals surface area contributed by atoms with E-state index < -0.39 is 0 Å². The average molecular weight is 685 g/mol. The summed E-state index contributed by atoms with van der Waals surface area (Å²) in [4.78, 5) is 0.